The summed E-state index contributed by atoms with van der Waals surface area (Å²) < 4.78 is 5.67. The number of pyridine rings is 2. The van der Waals surface area contributed by atoms with Gasteiger partial charge in [0, 0.05) is 11.8 Å². The van der Waals surface area contributed by atoms with E-state index in [4.69, 9.17) is 9.84 Å². The summed E-state index contributed by atoms with van der Waals surface area (Å²) in [6.07, 6.45) is 2.37. The molecule has 9 heteroatoms. The minimum absolute atomic E-state index is 0.00791. The summed E-state index contributed by atoms with van der Waals surface area (Å²) in [7, 11) is 0. The van der Waals surface area contributed by atoms with Crippen LogP contribution in [0.2, 0.25) is 0 Å². The Bertz CT molecular complexity index is 735. The Morgan fingerprint density at radius 3 is 2.81 bits per heavy atom. The molecule has 0 amide bonds. The average molecular weight is 354 g/mol. The number of ether oxygens (including phenoxy) is 1. The normalized spacial score (nSPS) is 10.2. The van der Waals surface area contributed by atoms with Gasteiger partial charge < -0.3 is 9.84 Å². The SMILES string of the molecule is Cc1c([N+](=O)[O-])cnc(Oc2cccnc2C(=O)O)c1Br. The molecule has 2 rings (SSSR count). The first-order chi connectivity index (χ1) is 9.91. The lowest BCUT2D eigenvalue weighted by Gasteiger charge is -2.09. The van der Waals surface area contributed by atoms with E-state index in [0.717, 1.165) is 6.20 Å². The van der Waals surface area contributed by atoms with Crippen molar-refractivity contribution in [2.45, 2.75) is 6.92 Å². The first kappa shape index (κ1) is 14.9. The van der Waals surface area contributed by atoms with E-state index >= 15 is 0 Å². The third-order valence-electron chi connectivity index (χ3n) is 2.58. The predicted molar refractivity (Wildman–Crippen MR) is 74.6 cm³/mol. The van der Waals surface area contributed by atoms with Crippen molar-refractivity contribution in [1.29, 1.82) is 0 Å². The molecule has 2 heterocycles. The van der Waals surface area contributed by atoms with Gasteiger partial charge in [0.25, 0.3) is 5.69 Å². The summed E-state index contributed by atoms with van der Waals surface area (Å²) >= 11 is 3.16. The second-order valence-corrected chi connectivity index (χ2v) is 4.70. The van der Waals surface area contributed by atoms with Crippen molar-refractivity contribution in [2.24, 2.45) is 0 Å². The second kappa shape index (κ2) is 5.83. The van der Waals surface area contributed by atoms with Crippen molar-refractivity contribution in [3.63, 3.8) is 0 Å². The molecule has 2 aromatic rings. The summed E-state index contributed by atoms with van der Waals surface area (Å²) in [6, 6.07) is 2.93. The van der Waals surface area contributed by atoms with Crippen LogP contribution in [-0.2, 0) is 0 Å². The Morgan fingerprint density at radius 2 is 2.19 bits per heavy atom. The third-order valence-corrected chi connectivity index (χ3v) is 3.52. The van der Waals surface area contributed by atoms with E-state index in [0.29, 0.717) is 5.56 Å². The van der Waals surface area contributed by atoms with Gasteiger partial charge in [0.2, 0.25) is 5.88 Å². The highest BCUT2D eigenvalue weighted by Crippen LogP contribution is 2.35. The number of rotatable bonds is 4. The molecule has 2 aromatic heterocycles. The monoisotopic (exact) mass is 353 g/mol. The molecule has 0 saturated carbocycles. The summed E-state index contributed by atoms with van der Waals surface area (Å²) in [5.74, 6) is -1.24. The van der Waals surface area contributed by atoms with Crippen LogP contribution in [0.4, 0.5) is 5.69 Å². The van der Waals surface area contributed by atoms with E-state index in [2.05, 4.69) is 25.9 Å². The van der Waals surface area contributed by atoms with E-state index in [1.807, 2.05) is 0 Å². The van der Waals surface area contributed by atoms with Gasteiger partial charge >= 0.3 is 5.97 Å². The van der Waals surface area contributed by atoms with Gasteiger partial charge in [-0.05, 0) is 35.0 Å². The summed E-state index contributed by atoms with van der Waals surface area (Å²) in [5, 5.41) is 19.8. The fraction of sp³-hybridized carbons (Fsp3) is 0.0833. The zero-order valence-corrected chi connectivity index (χ0v) is 12.2. The maximum Gasteiger partial charge on any atom is 0.358 e. The highest BCUT2D eigenvalue weighted by molar-refractivity contribution is 9.10. The Labute approximate surface area is 126 Å². The van der Waals surface area contributed by atoms with E-state index in [9.17, 15) is 14.9 Å². The van der Waals surface area contributed by atoms with Crippen LogP contribution in [0.5, 0.6) is 11.6 Å². The number of carboxylic acids is 1. The standard InChI is InChI=1S/C12H8BrN3O5/c1-6-7(16(19)20)5-15-11(9(6)13)21-8-3-2-4-14-10(8)12(17)18/h2-5H,1H3,(H,17,18). The number of carboxylic acid groups (broad SMARTS) is 1. The molecule has 0 aliphatic rings. The lowest BCUT2D eigenvalue weighted by Crippen LogP contribution is -2.04. The van der Waals surface area contributed by atoms with Crippen LogP contribution >= 0.6 is 15.9 Å². The lowest BCUT2D eigenvalue weighted by atomic mass is 10.2. The lowest BCUT2D eigenvalue weighted by molar-refractivity contribution is -0.385. The van der Waals surface area contributed by atoms with Gasteiger partial charge in [-0.15, -0.1) is 0 Å². The molecule has 108 valence electrons. The molecule has 0 aromatic carbocycles. The van der Waals surface area contributed by atoms with Crippen molar-refractivity contribution < 1.29 is 19.6 Å². The van der Waals surface area contributed by atoms with E-state index in [1.54, 1.807) is 0 Å². The molecule has 8 nitrogen and oxygen atoms in total. The van der Waals surface area contributed by atoms with Crippen LogP contribution in [0.15, 0.2) is 29.0 Å². The first-order valence-electron chi connectivity index (χ1n) is 5.57. The van der Waals surface area contributed by atoms with E-state index in [1.165, 1.54) is 25.3 Å². The van der Waals surface area contributed by atoms with Crippen molar-refractivity contribution >= 4 is 27.6 Å². The Kier molecular flexibility index (Phi) is 4.13. The van der Waals surface area contributed by atoms with Crippen molar-refractivity contribution in [2.75, 3.05) is 0 Å². The van der Waals surface area contributed by atoms with Gasteiger partial charge in [-0.25, -0.2) is 14.8 Å². The molecule has 0 radical (unpaired) electrons. The molecule has 0 saturated heterocycles. The molecule has 0 aliphatic heterocycles. The summed E-state index contributed by atoms with van der Waals surface area (Å²) in [5.41, 5.74) is -0.119. The van der Waals surface area contributed by atoms with Gasteiger partial charge in [0.15, 0.2) is 11.4 Å². The number of carbonyl (C=O) groups is 1. The topological polar surface area (TPSA) is 115 Å². The van der Waals surface area contributed by atoms with Crippen molar-refractivity contribution in [3.05, 3.63) is 50.4 Å². The van der Waals surface area contributed by atoms with Crippen LogP contribution in [0.25, 0.3) is 0 Å². The Balaban J connectivity index is 2.44. The number of hydrogen-bond donors (Lipinski definition) is 1. The summed E-state index contributed by atoms with van der Waals surface area (Å²) in [4.78, 5) is 28.8. The molecule has 0 spiro atoms. The zero-order chi connectivity index (χ0) is 15.6. The smallest absolute Gasteiger partial charge is 0.358 e. The van der Waals surface area contributed by atoms with Crippen LogP contribution in [0, 0.1) is 17.0 Å². The Morgan fingerprint density at radius 1 is 1.48 bits per heavy atom. The molecular formula is C12H8BrN3O5. The number of aromatic carboxylic acids is 1. The van der Waals surface area contributed by atoms with Gasteiger partial charge in [-0.2, -0.15) is 0 Å². The Hall–Kier alpha value is -2.55. The highest BCUT2D eigenvalue weighted by atomic mass is 79.9. The molecule has 0 fully saturated rings. The van der Waals surface area contributed by atoms with Gasteiger partial charge in [0.1, 0.15) is 6.20 Å². The van der Waals surface area contributed by atoms with Crippen molar-refractivity contribution in [1.82, 2.24) is 9.97 Å². The number of halogens is 1. The third kappa shape index (κ3) is 2.97. The van der Waals surface area contributed by atoms with Crippen LogP contribution in [0.3, 0.4) is 0 Å². The quantitative estimate of drug-likeness (QED) is 0.663. The zero-order valence-electron chi connectivity index (χ0n) is 10.6. The molecule has 21 heavy (non-hydrogen) atoms. The van der Waals surface area contributed by atoms with Crippen LogP contribution in [0.1, 0.15) is 16.1 Å². The first-order valence-corrected chi connectivity index (χ1v) is 6.36. The van der Waals surface area contributed by atoms with E-state index < -0.39 is 10.9 Å². The average Bonchev–Trinajstić information content (AvgIpc) is 2.44. The van der Waals surface area contributed by atoms with Gasteiger partial charge in [-0.3, -0.25) is 10.1 Å². The molecule has 0 unspecified atom stereocenters. The van der Waals surface area contributed by atoms with Gasteiger partial charge in [-0.1, -0.05) is 0 Å². The van der Waals surface area contributed by atoms with Gasteiger partial charge in [0.05, 0.1) is 9.40 Å². The van der Waals surface area contributed by atoms with Crippen LogP contribution in [-0.4, -0.2) is 26.0 Å². The largest absolute Gasteiger partial charge is 0.476 e. The minimum Gasteiger partial charge on any atom is -0.476 e. The highest BCUT2D eigenvalue weighted by Gasteiger charge is 2.20. The maximum atomic E-state index is 11.0. The molecule has 0 atom stereocenters. The number of hydrogen-bond acceptors (Lipinski definition) is 6. The molecule has 0 aliphatic carbocycles. The molecule has 1 N–H and O–H groups in total. The number of nitrogens with zero attached hydrogens (tertiary/aromatic N) is 3. The number of nitro groups is 1. The van der Waals surface area contributed by atoms with Crippen LogP contribution < -0.4 is 4.74 Å². The molecular weight excluding hydrogens is 346 g/mol. The van der Waals surface area contributed by atoms with Crippen molar-refractivity contribution in [3.8, 4) is 11.6 Å². The second-order valence-electron chi connectivity index (χ2n) is 3.90. The van der Waals surface area contributed by atoms with E-state index in [-0.39, 0.29) is 27.5 Å². The number of aromatic nitrogens is 2. The molecule has 0 bridgehead atoms. The minimum atomic E-state index is -1.25. The predicted octanol–water partition coefficient (Wildman–Crippen LogP) is 2.95. The fourth-order valence-electron chi connectivity index (χ4n) is 1.54. The maximum absolute atomic E-state index is 11.0. The summed E-state index contributed by atoms with van der Waals surface area (Å²) in [6.45, 7) is 1.53. The fourth-order valence-corrected chi connectivity index (χ4v) is 1.93.